The molecule has 0 saturated heterocycles. The van der Waals surface area contributed by atoms with Gasteiger partial charge in [-0.2, -0.15) is 0 Å². The van der Waals surface area contributed by atoms with Crippen molar-refractivity contribution in [3.8, 4) is 11.1 Å². The second-order valence-corrected chi connectivity index (χ2v) is 7.73. The second kappa shape index (κ2) is 7.82. The van der Waals surface area contributed by atoms with E-state index < -0.39 is 17.9 Å². The number of amides is 1. The van der Waals surface area contributed by atoms with E-state index in [9.17, 15) is 19.1 Å². The Morgan fingerprint density at radius 1 is 1.03 bits per heavy atom. The highest BCUT2D eigenvalue weighted by Crippen LogP contribution is 2.44. The Morgan fingerprint density at radius 2 is 1.62 bits per heavy atom. The van der Waals surface area contributed by atoms with Crippen LogP contribution in [0.3, 0.4) is 0 Å². The van der Waals surface area contributed by atoms with Crippen molar-refractivity contribution in [1.82, 2.24) is 0 Å². The summed E-state index contributed by atoms with van der Waals surface area (Å²) < 4.78 is 19.2. The third-order valence-electron chi connectivity index (χ3n) is 4.86. The topological polar surface area (TPSA) is 75.6 Å². The number of benzene rings is 3. The van der Waals surface area contributed by atoms with Gasteiger partial charge in [0.15, 0.2) is 0 Å². The Morgan fingerprint density at radius 3 is 2.21 bits per heavy atom. The molecule has 146 valence electrons. The van der Waals surface area contributed by atoms with Crippen LogP contribution in [0.25, 0.3) is 11.1 Å². The van der Waals surface area contributed by atoms with Crippen LogP contribution in [0.2, 0.25) is 0 Å². The highest BCUT2D eigenvalue weighted by molar-refractivity contribution is 14.1. The quantitative estimate of drug-likeness (QED) is 0.462. The maximum absolute atomic E-state index is 13.5. The summed E-state index contributed by atoms with van der Waals surface area (Å²) in [5.41, 5.74) is 4.05. The van der Waals surface area contributed by atoms with E-state index in [1.54, 1.807) is 22.6 Å². The van der Waals surface area contributed by atoms with Gasteiger partial charge in [-0.3, -0.25) is 5.32 Å². The molecule has 0 aliphatic heterocycles. The van der Waals surface area contributed by atoms with Crippen LogP contribution < -0.4 is 5.32 Å². The largest absolute Gasteiger partial charge is 0.478 e. The van der Waals surface area contributed by atoms with E-state index in [1.807, 2.05) is 48.5 Å². The van der Waals surface area contributed by atoms with Crippen molar-refractivity contribution in [1.29, 1.82) is 0 Å². The molecule has 7 heteroatoms. The van der Waals surface area contributed by atoms with Crippen molar-refractivity contribution in [2.45, 2.75) is 5.92 Å². The Balaban J connectivity index is 1.54. The zero-order valence-electron chi connectivity index (χ0n) is 15.0. The molecule has 0 spiro atoms. The molecule has 0 fully saturated rings. The third-order valence-corrected chi connectivity index (χ3v) is 5.71. The van der Waals surface area contributed by atoms with E-state index in [2.05, 4.69) is 5.32 Å². The lowest BCUT2D eigenvalue weighted by Crippen LogP contribution is -2.20. The molecule has 0 bridgehead atoms. The first kappa shape index (κ1) is 19.4. The lowest BCUT2D eigenvalue weighted by atomic mass is 9.98. The fraction of sp³-hybridized carbons (Fsp3) is 0.0909. The monoisotopic (exact) mass is 503 g/mol. The van der Waals surface area contributed by atoms with Crippen LogP contribution in [0, 0.1) is 9.39 Å². The molecule has 5 nitrogen and oxygen atoms in total. The van der Waals surface area contributed by atoms with Crippen LogP contribution in [-0.4, -0.2) is 23.8 Å². The molecule has 3 aromatic rings. The summed E-state index contributed by atoms with van der Waals surface area (Å²) in [4.78, 5) is 23.8. The van der Waals surface area contributed by atoms with Gasteiger partial charge in [0.25, 0.3) is 0 Å². The zero-order chi connectivity index (χ0) is 20.5. The summed E-state index contributed by atoms with van der Waals surface area (Å²) >= 11 is 1.77. The predicted octanol–water partition coefficient (Wildman–Crippen LogP) is 5.49. The number of rotatable bonds is 4. The van der Waals surface area contributed by atoms with Crippen molar-refractivity contribution in [3.63, 3.8) is 0 Å². The molecule has 1 aliphatic rings. The van der Waals surface area contributed by atoms with Gasteiger partial charge in [0.05, 0.1) is 11.3 Å². The predicted molar refractivity (Wildman–Crippen MR) is 115 cm³/mol. The average Bonchev–Trinajstić information content (AvgIpc) is 3.02. The van der Waals surface area contributed by atoms with Gasteiger partial charge in [-0.25, -0.2) is 14.0 Å². The molecule has 1 aliphatic carbocycles. The maximum atomic E-state index is 13.5. The normalized spacial score (nSPS) is 12.2. The van der Waals surface area contributed by atoms with Crippen molar-refractivity contribution in [2.24, 2.45) is 0 Å². The Labute approximate surface area is 179 Å². The third kappa shape index (κ3) is 3.69. The fourth-order valence-corrected chi connectivity index (χ4v) is 4.33. The summed E-state index contributed by atoms with van der Waals surface area (Å²) in [6, 6.07) is 17.9. The molecule has 0 heterocycles. The first-order valence-electron chi connectivity index (χ1n) is 8.80. The first-order chi connectivity index (χ1) is 14.0. The van der Waals surface area contributed by atoms with Gasteiger partial charge in [-0.05, 0) is 57.0 Å². The standard InChI is InChI=1S/C22H15FINO4/c23-12-9-17(21(26)27)20(19(24)10-12)25-22(28)29-11-18-15-7-3-1-5-13(15)14-6-2-4-8-16(14)18/h1-10,18H,11H2,(H,25,28)(H,26,27). The number of nitrogens with one attached hydrogen (secondary N) is 1. The van der Waals surface area contributed by atoms with Crippen LogP contribution in [0.4, 0.5) is 14.9 Å². The lowest BCUT2D eigenvalue weighted by molar-refractivity contribution is 0.0697. The van der Waals surface area contributed by atoms with Crippen molar-refractivity contribution >= 4 is 40.3 Å². The smallest absolute Gasteiger partial charge is 0.411 e. The summed E-state index contributed by atoms with van der Waals surface area (Å²) in [5, 5.41) is 11.7. The van der Waals surface area contributed by atoms with Gasteiger partial charge < -0.3 is 9.84 Å². The van der Waals surface area contributed by atoms with Crippen LogP contribution in [0.5, 0.6) is 0 Å². The molecule has 0 aromatic heterocycles. The molecule has 0 saturated carbocycles. The van der Waals surface area contributed by atoms with Gasteiger partial charge in [-0.15, -0.1) is 0 Å². The number of halogens is 2. The lowest BCUT2D eigenvalue weighted by Gasteiger charge is -2.16. The molecular formula is C22H15FINO4. The number of carbonyl (C=O) groups is 2. The molecule has 2 N–H and O–H groups in total. The van der Waals surface area contributed by atoms with E-state index >= 15 is 0 Å². The van der Waals surface area contributed by atoms with Crippen molar-refractivity contribution < 1.29 is 23.8 Å². The van der Waals surface area contributed by atoms with E-state index in [-0.39, 0.29) is 27.3 Å². The van der Waals surface area contributed by atoms with E-state index in [1.165, 1.54) is 0 Å². The molecule has 0 radical (unpaired) electrons. The Kier molecular flexibility index (Phi) is 5.23. The fourth-order valence-electron chi connectivity index (χ4n) is 3.61. The highest BCUT2D eigenvalue weighted by atomic mass is 127. The number of fused-ring (bicyclic) bond motifs is 3. The zero-order valence-corrected chi connectivity index (χ0v) is 17.1. The van der Waals surface area contributed by atoms with Crippen molar-refractivity contribution in [3.05, 3.63) is 86.7 Å². The molecule has 0 unspecified atom stereocenters. The molecule has 0 atom stereocenters. The summed E-state index contributed by atoms with van der Waals surface area (Å²) in [5.74, 6) is -2.14. The van der Waals surface area contributed by atoms with Gasteiger partial charge in [0.2, 0.25) is 0 Å². The number of ether oxygens (including phenoxy) is 1. The summed E-state index contributed by atoms with van der Waals surface area (Å²) in [7, 11) is 0. The second-order valence-electron chi connectivity index (χ2n) is 6.57. The van der Waals surface area contributed by atoms with Crippen LogP contribution in [0.1, 0.15) is 27.4 Å². The van der Waals surface area contributed by atoms with Crippen molar-refractivity contribution in [2.75, 3.05) is 11.9 Å². The minimum absolute atomic E-state index is 0.0109. The SMILES string of the molecule is O=C(Nc1c(I)cc(F)cc1C(=O)O)OCC1c2ccccc2-c2ccccc21. The van der Waals surface area contributed by atoms with Gasteiger partial charge in [0, 0.05) is 9.49 Å². The minimum atomic E-state index is -1.34. The highest BCUT2D eigenvalue weighted by Gasteiger charge is 2.29. The van der Waals surface area contributed by atoms with E-state index in [4.69, 9.17) is 4.74 Å². The van der Waals surface area contributed by atoms with E-state index in [0.717, 1.165) is 34.4 Å². The minimum Gasteiger partial charge on any atom is -0.478 e. The Hall–Kier alpha value is -2.94. The average molecular weight is 503 g/mol. The Bertz CT molecular complexity index is 1090. The number of carboxylic acids is 1. The summed E-state index contributed by atoms with van der Waals surface area (Å²) in [6.45, 7) is 0.0973. The van der Waals surface area contributed by atoms with Crippen LogP contribution in [-0.2, 0) is 4.74 Å². The number of aromatic carboxylic acids is 1. The number of hydrogen-bond acceptors (Lipinski definition) is 3. The van der Waals surface area contributed by atoms with E-state index in [0.29, 0.717) is 0 Å². The number of carbonyl (C=O) groups excluding carboxylic acids is 1. The number of anilines is 1. The summed E-state index contributed by atoms with van der Waals surface area (Å²) in [6.07, 6.45) is -0.793. The molecule has 4 rings (SSSR count). The molecular weight excluding hydrogens is 488 g/mol. The number of hydrogen-bond donors (Lipinski definition) is 2. The van der Waals surface area contributed by atoms with Gasteiger partial charge in [0.1, 0.15) is 12.4 Å². The first-order valence-corrected chi connectivity index (χ1v) is 9.88. The molecule has 3 aromatic carbocycles. The molecule has 29 heavy (non-hydrogen) atoms. The van der Waals surface area contributed by atoms with Crippen LogP contribution in [0.15, 0.2) is 60.7 Å². The molecule has 1 amide bonds. The van der Waals surface area contributed by atoms with Crippen LogP contribution >= 0.6 is 22.6 Å². The maximum Gasteiger partial charge on any atom is 0.411 e. The van der Waals surface area contributed by atoms with Gasteiger partial charge in [-0.1, -0.05) is 48.5 Å². The van der Waals surface area contributed by atoms with Gasteiger partial charge >= 0.3 is 12.1 Å². The number of carboxylic acid groups (broad SMARTS) is 1.